The average Bonchev–Trinajstić information content (AvgIpc) is 2.83. The Bertz CT molecular complexity index is 553. The summed E-state index contributed by atoms with van der Waals surface area (Å²) < 4.78 is 13.1. The molecule has 0 unspecified atom stereocenters. The molecule has 0 aromatic heterocycles. The lowest BCUT2D eigenvalue weighted by Gasteiger charge is -2.30. The minimum absolute atomic E-state index is 0.328. The number of rotatable bonds is 2. The number of oxime groups is 1. The molecule has 0 saturated carbocycles. The van der Waals surface area contributed by atoms with E-state index in [1.807, 2.05) is 0 Å². The predicted octanol–water partition coefficient (Wildman–Crippen LogP) is 1.66. The van der Waals surface area contributed by atoms with E-state index in [0.717, 1.165) is 25.9 Å². The predicted molar refractivity (Wildman–Crippen MR) is 73.0 cm³/mol. The number of amides is 1. The molecule has 5 nitrogen and oxygen atoms in total. The highest BCUT2D eigenvalue weighted by Crippen LogP contribution is 2.32. The smallest absolute Gasteiger partial charge is 0.273 e. The molecule has 0 bridgehead atoms. The van der Waals surface area contributed by atoms with Crippen molar-refractivity contribution in [1.82, 2.24) is 5.32 Å². The van der Waals surface area contributed by atoms with Crippen molar-refractivity contribution in [2.45, 2.75) is 24.9 Å². The molecule has 1 amide bonds. The van der Waals surface area contributed by atoms with Crippen LogP contribution in [-0.2, 0) is 9.63 Å². The lowest BCUT2D eigenvalue weighted by atomic mass is 9.87. The zero-order chi connectivity index (χ0) is 14.0. The van der Waals surface area contributed by atoms with Crippen LogP contribution >= 0.6 is 0 Å². The molecule has 1 aromatic carbocycles. The van der Waals surface area contributed by atoms with Gasteiger partial charge in [0, 0.05) is 24.9 Å². The normalized spacial score (nSPS) is 20.4. The molecule has 106 valence electrons. The molecule has 1 fully saturated rings. The van der Waals surface area contributed by atoms with Gasteiger partial charge in [-0.25, -0.2) is 4.39 Å². The molecule has 2 heterocycles. The third-order valence-corrected chi connectivity index (χ3v) is 3.70. The van der Waals surface area contributed by atoms with Gasteiger partial charge in [-0.15, -0.1) is 0 Å². The highest BCUT2D eigenvalue weighted by Gasteiger charge is 2.42. The van der Waals surface area contributed by atoms with Crippen LogP contribution in [0.4, 0.5) is 10.1 Å². The Labute approximate surface area is 116 Å². The number of nitrogens with zero attached hydrogens (tertiary/aromatic N) is 1. The Morgan fingerprint density at radius 3 is 2.95 bits per heavy atom. The second-order valence-electron chi connectivity index (χ2n) is 5.20. The second kappa shape index (κ2) is 5.20. The summed E-state index contributed by atoms with van der Waals surface area (Å²) in [6.07, 6.45) is 2.19. The van der Waals surface area contributed by atoms with Crippen molar-refractivity contribution >= 4 is 17.3 Å². The van der Waals surface area contributed by atoms with E-state index in [1.54, 1.807) is 12.1 Å². The van der Waals surface area contributed by atoms with Crippen LogP contribution in [0.5, 0.6) is 0 Å². The maximum Gasteiger partial charge on any atom is 0.273 e. The van der Waals surface area contributed by atoms with Crippen molar-refractivity contribution in [2.24, 2.45) is 5.16 Å². The van der Waals surface area contributed by atoms with E-state index in [2.05, 4.69) is 15.8 Å². The summed E-state index contributed by atoms with van der Waals surface area (Å²) in [5.74, 6) is -0.715. The van der Waals surface area contributed by atoms with E-state index in [-0.39, 0.29) is 17.3 Å². The number of piperidine rings is 1. The number of nitrogens with one attached hydrogen (secondary N) is 2. The molecule has 1 aromatic rings. The molecule has 0 radical (unpaired) electrons. The lowest BCUT2D eigenvalue weighted by Crippen LogP contribution is -2.42. The summed E-state index contributed by atoms with van der Waals surface area (Å²) in [5, 5.41) is 9.81. The van der Waals surface area contributed by atoms with Gasteiger partial charge < -0.3 is 15.5 Å². The summed E-state index contributed by atoms with van der Waals surface area (Å²) in [6, 6.07) is 5.79. The van der Waals surface area contributed by atoms with Crippen LogP contribution in [-0.4, -0.2) is 30.3 Å². The largest absolute Gasteiger partial charge is 0.388 e. The van der Waals surface area contributed by atoms with Crippen molar-refractivity contribution in [3.05, 3.63) is 30.1 Å². The maximum atomic E-state index is 13.1. The van der Waals surface area contributed by atoms with E-state index in [4.69, 9.17) is 4.84 Å². The number of hydrogen-bond donors (Lipinski definition) is 2. The standard InChI is InChI=1S/C14H16FN3O2/c15-10-2-1-3-11(8-10)17-13(19)12-9-14(20-18-12)4-6-16-7-5-14/h1-3,8,16H,4-7,9H2,(H,17,19). The molecule has 0 aliphatic carbocycles. The molecule has 3 rings (SSSR count). The zero-order valence-electron chi connectivity index (χ0n) is 11.0. The van der Waals surface area contributed by atoms with Crippen LogP contribution in [0.2, 0.25) is 0 Å². The highest BCUT2D eigenvalue weighted by atomic mass is 19.1. The van der Waals surface area contributed by atoms with Gasteiger partial charge in [-0.3, -0.25) is 4.79 Å². The van der Waals surface area contributed by atoms with Gasteiger partial charge in [0.15, 0.2) is 0 Å². The van der Waals surface area contributed by atoms with Crippen LogP contribution in [0.3, 0.4) is 0 Å². The van der Waals surface area contributed by atoms with Gasteiger partial charge in [0.05, 0.1) is 0 Å². The van der Waals surface area contributed by atoms with Gasteiger partial charge >= 0.3 is 0 Å². The Hall–Kier alpha value is -1.95. The van der Waals surface area contributed by atoms with Crippen LogP contribution in [0, 0.1) is 5.82 Å². The first-order valence-electron chi connectivity index (χ1n) is 6.70. The third kappa shape index (κ3) is 2.65. The van der Waals surface area contributed by atoms with E-state index in [9.17, 15) is 9.18 Å². The van der Waals surface area contributed by atoms with Crippen LogP contribution in [0.25, 0.3) is 0 Å². The van der Waals surface area contributed by atoms with Gasteiger partial charge in [0.1, 0.15) is 17.1 Å². The first-order valence-corrected chi connectivity index (χ1v) is 6.70. The van der Waals surface area contributed by atoms with Crippen molar-refractivity contribution in [2.75, 3.05) is 18.4 Å². The van der Waals surface area contributed by atoms with Gasteiger partial charge in [0.25, 0.3) is 5.91 Å². The third-order valence-electron chi connectivity index (χ3n) is 3.70. The lowest BCUT2D eigenvalue weighted by molar-refractivity contribution is -0.110. The Morgan fingerprint density at radius 2 is 2.20 bits per heavy atom. The molecule has 2 N–H and O–H groups in total. The SMILES string of the molecule is O=C(Nc1cccc(F)c1)C1=NOC2(CCNCC2)C1. The summed E-state index contributed by atoms with van der Waals surface area (Å²) in [5.41, 5.74) is 0.458. The van der Waals surface area contributed by atoms with E-state index < -0.39 is 0 Å². The summed E-state index contributed by atoms with van der Waals surface area (Å²) in [7, 11) is 0. The van der Waals surface area contributed by atoms with Crippen LogP contribution in [0.1, 0.15) is 19.3 Å². The van der Waals surface area contributed by atoms with Gasteiger partial charge in [-0.05, 0) is 31.3 Å². The van der Waals surface area contributed by atoms with Crippen LogP contribution < -0.4 is 10.6 Å². The molecule has 1 spiro atoms. The first-order chi connectivity index (χ1) is 9.67. The molecule has 20 heavy (non-hydrogen) atoms. The summed E-state index contributed by atoms with van der Waals surface area (Å²) >= 11 is 0. The number of anilines is 1. The fourth-order valence-electron chi connectivity index (χ4n) is 2.56. The molecule has 2 aliphatic heterocycles. The van der Waals surface area contributed by atoms with Gasteiger partial charge in [0.2, 0.25) is 0 Å². The summed E-state index contributed by atoms with van der Waals surface area (Å²) in [6.45, 7) is 1.74. The van der Waals surface area contributed by atoms with E-state index in [0.29, 0.717) is 17.8 Å². The van der Waals surface area contributed by atoms with E-state index in [1.165, 1.54) is 12.1 Å². The highest BCUT2D eigenvalue weighted by molar-refractivity contribution is 6.43. The minimum atomic E-state index is -0.387. The molecular formula is C14H16FN3O2. The number of carbonyl (C=O) groups is 1. The second-order valence-corrected chi connectivity index (χ2v) is 5.20. The first kappa shape index (κ1) is 13.1. The van der Waals surface area contributed by atoms with Crippen molar-refractivity contribution in [3.63, 3.8) is 0 Å². The minimum Gasteiger partial charge on any atom is -0.388 e. The Morgan fingerprint density at radius 1 is 1.40 bits per heavy atom. The average molecular weight is 277 g/mol. The molecule has 6 heteroatoms. The van der Waals surface area contributed by atoms with Crippen molar-refractivity contribution in [3.8, 4) is 0 Å². The fraction of sp³-hybridized carbons (Fsp3) is 0.429. The fourth-order valence-corrected chi connectivity index (χ4v) is 2.56. The quantitative estimate of drug-likeness (QED) is 0.864. The Kier molecular flexibility index (Phi) is 3.40. The molecular weight excluding hydrogens is 261 g/mol. The van der Waals surface area contributed by atoms with Gasteiger partial charge in [-0.1, -0.05) is 11.2 Å². The number of benzene rings is 1. The van der Waals surface area contributed by atoms with Gasteiger partial charge in [-0.2, -0.15) is 0 Å². The summed E-state index contributed by atoms with van der Waals surface area (Å²) in [4.78, 5) is 17.6. The van der Waals surface area contributed by atoms with Crippen molar-refractivity contribution < 1.29 is 14.0 Å². The molecule has 2 aliphatic rings. The Balaban J connectivity index is 1.64. The zero-order valence-corrected chi connectivity index (χ0v) is 11.0. The molecule has 0 atom stereocenters. The molecule has 1 saturated heterocycles. The monoisotopic (exact) mass is 277 g/mol. The number of carbonyl (C=O) groups excluding carboxylic acids is 1. The van der Waals surface area contributed by atoms with Crippen LogP contribution in [0.15, 0.2) is 29.4 Å². The van der Waals surface area contributed by atoms with Crippen molar-refractivity contribution in [1.29, 1.82) is 0 Å². The number of halogens is 1. The topological polar surface area (TPSA) is 62.7 Å². The van der Waals surface area contributed by atoms with E-state index >= 15 is 0 Å². The maximum absolute atomic E-state index is 13.1. The number of hydrogen-bond acceptors (Lipinski definition) is 4.